The van der Waals surface area contributed by atoms with Crippen LogP contribution in [-0.4, -0.2) is 28.6 Å². The van der Waals surface area contributed by atoms with Gasteiger partial charge in [0.1, 0.15) is 4.90 Å². The molecule has 19 heavy (non-hydrogen) atoms. The number of nitrogens with two attached hydrogens (primary N) is 1. The average molecular weight is 283 g/mol. The smallest absolute Gasteiger partial charge is 0.242 e. The molecule has 0 spiro atoms. The molecule has 3 N–H and O–H groups in total. The predicted molar refractivity (Wildman–Crippen MR) is 77.7 cm³/mol. The number of benzene rings is 1. The van der Waals surface area contributed by atoms with Gasteiger partial charge in [0, 0.05) is 18.8 Å². The lowest BCUT2D eigenvalue weighted by molar-refractivity contribution is 0.569. The van der Waals surface area contributed by atoms with Crippen LogP contribution in [0.2, 0.25) is 0 Å². The summed E-state index contributed by atoms with van der Waals surface area (Å²) < 4.78 is 25.8. The van der Waals surface area contributed by atoms with Gasteiger partial charge in [-0.25, -0.2) is 13.1 Å². The van der Waals surface area contributed by atoms with Crippen LogP contribution < -0.4 is 15.4 Å². The molecule has 1 aliphatic heterocycles. The van der Waals surface area contributed by atoms with E-state index in [0.717, 1.165) is 24.7 Å². The van der Waals surface area contributed by atoms with Crippen LogP contribution >= 0.6 is 0 Å². The van der Waals surface area contributed by atoms with Gasteiger partial charge in [0.25, 0.3) is 0 Å². The van der Waals surface area contributed by atoms with Crippen LogP contribution in [0.3, 0.4) is 0 Å². The summed E-state index contributed by atoms with van der Waals surface area (Å²) in [5.74, 6) is 0.724. The molecule has 6 heteroatoms. The Hall–Kier alpha value is -1.27. The fourth-order valence-corrected chi connectivity index (χ4v) is 3.32. The summed E-state index contributed by atoms with van der Waals surface area (Å²) >= 11 is 0. The number of nitrogens with zero attached hydrogens (tertiary/aromatic N) is 1. The maximum absolute atomic E-state index is 11.7. The molecule has 1 aromatic carbocycles. The molecule has 1 saturated heterocycles. The Balaban J connectivity index is 2.25. The first-order chi connectivity index (χ1) is 8.97. The lowest BCUT2D eigenvalue weighted by Crippen LogP contribution is -2.22. The molecule has 1 aliphatic rings. The van der Waals surface area contributed by atoms with Crippen molar-refractivity contribution in [3.05, 3.63) is 18.2 Å². The highest BCUT2D eigenvalue weighted by molar-refractivity contribution is 7.89. The van der Waals surface area contributed by atoms with Crippen molar-refractivity contribution in [1.82, 2.24) is 4.72 Å². The maximum Gasteiger partial charge on any atom is 0.242 e. The third kappa shape index (κ3) is 2.84. The molecular formula is C13H21N3O2S. The lowest BCUT2D eigenvalue weighted by Gasteiger charge is -2.19. The topological polar surface area (TPSA) is 75.4 Å². The van der Waals surface area contributed by atoms with Gasteiger partial charge in [-0.15, -0.1) is 0 Å². The third-order valence-electron chi connectivity index (χ3n) is 3.78. The van der Waals surface area contributed by atoms with E-state index in [9.17, 15) is 8.42 Å². The molecule has 0 bridgehead atoms. The molecule has 1 unspecified atom stereocenters. The van der Waals surface area contributed by atoms with Crippen LogP contribution in [0.5, 0.6) is 0 Å². The Kier molecular flexibility index (Phi) is 4.01. The van der Waals surface area contributed by atoms with E-state index in [1.807, 2.05) is 6.07 Å². The number of hydrogen-bond acceptors (Lipinski definition) is 4. The van der Waals surface area contributed by atoms with Crippen molar-refractivity contribution in [1.29, 1.82) is 0 Å². The van der Waals surface area contributed by atoms with Crippen LogP contribution in [0, 0.1) is 5.92 Å². The van der Waals surface area contributed by atoms with Crippen molar-refractivity contribution in [3.63, 3.8) is 0 Å². The summed E-state index contributed by atoms with van der Waals surface area (Å²) in [6, 6.07) is 5.16. The summed E-state index contributed by atoms with van der Waals surface area (Å²) in [6.07, 6.45) is 2.37. The first-order valence-corrected chi connectivity index (χ1v) is 8.04. The van der Waals surface area contributed by atoms with E-state index in [4.69, 9.17) is 5.73 Å². The van der Waals surface area contributed by atoms with Crippen LogP contribution in [0.1, 0.15) is 19.8 Å². The maximum atomic E-state index is 11.7. The van der Waals surface area contributed by atoms with Crippen molar-refractivity contribution < 1.29 is 8.42 Å². The predicted octanol–water partition coefficient (Wildman–Crippen LogP) is 1.41. The van der Waals surface area contributed by atoms with Crippen LogP contribution in [0.15, 0.2) is 23.1 Å². The van der Waals surface area contributed by atoms with Gasteiger partial charge in [-0.3, -0.25) is 0 Å². The summed E-state index contributed by atoms with van der Waals surface area (Å²) in [5.41, 5.74) is 7.17. The molecular weight excluding hydrogens is 262 g/mol. The normalized spacial score (nSPS) is 19.9. The largest absolute Gasteiger partial charge is 0.398 e. The highest BCUT2D eigenvalue weighted by Crippen LogP contribution is 2.29. The Morgan fingerprint density at radius 1 is 1.47 bits per heavy atom. The van der Waals surface area contributed by atoms with Gasteiger partial charge < -0.3 is 10.6 Å². The Labute approximate surface area is 114 Å². The number of nitrogen functional groups attached to an aromatic ring is 1. The molecule has 106 valence electrons. The average Bonchev–Trinajstić information content (AvgIpc) is 2.87. The molecule has 0 saturated carbocycles. The van der Waals surface area contributed by atoms with E-state index in [1.54, 1.807) is 12.1 Å². The van der Waals surface area contributed by atoms with E-state index in [-0.39, 0.29) is 4.90 Å². The van der Waals surface area contributed by atoms with E-state index in [0.29, 0.717) is 5.69 Å². The highest BCUT2D eigenvalue weighted by atomic mass is 32.2. The fourth-order valence-electron chi connectivity index (χ4n) is 2.49. The molecule has 1 atom stereocenters. The SMILES string of the molecule is CCC1CCN(c2ccc(S(=O)(=O)NC)c(N)c2)C1. The van der Waals surface area contributed by atoms with Gasteiger partial charge in [-0.05, 0) is 37.6 Å². The van der Waals surface area contributed by atoms with E-state index in [1.165, 1.54) is 19.9 Å². The zero-order valence-corrected chi connectivity index (χ0v) is 12.2. The Morgan fingerprint density at radius 2 is 2.21 bits per heavy atom. The lowest BCUT2D eigenvalue weighted by atomic mass is 10.1. The molecule has 0 aromatic heterocycles. The summed E-state index contributed by atoms with van der Waals surface area (Å²) in [4.78, 5) is 2.41. The molecule has 1 aromatic rings. The molecule has 0 aliphatic carbocycles. The van der Waals surface area contributed by atoms with Gasteiger partial charge in [-0.1, -0.05) is 13.3 Å². The molecule has 1 heterocycles. The summed E-state index contributed by atoms with van der Waals surface area (Å²) in [7, 11) is -2.09. The van der Waals surface area contributed by atoms with Crippen molar-refractivity contribution in [3.8, 4) is 0 Å². The Morgan fingerprint density at radius 3 is 2.74 bits per heavy atom. The molecule has 5 nitrogen and oxygen atoms in total. The van der Waals surface area contributed by atoms with Gasteiger partial charge in [-0.2, -0.15) is 0 Å². The Bertz CT molecular complexity index is 557. The quantitative estimate of drug-likeness (QED) is 0.819. The minimum atomic E-state index is -3.48. The zero-order valence-electron chi connectivity index (χ0n) is 11.4. The van der Waals surface area contributed by atoms with Gasteiger partial charge in [0.05, 0.1) is 5.69 Å². The molecule has 2 rings (SSSR count). The second-order valence-corrected chi connectivity index (χ2v) is 6.79. The van der Waals surface area contributed by atoms with Crippen LogP contribution in [-0.2, 0) is 10.0 Å². The number of sulfonamides is 1. The summed E-state index contributed by atoms with van der Waals surface area (Å²) in [5, 5.41) is 0. The van der Waals surface area contributed by atoms with Gasteiger partial charge in [0.2, 0.25) is 10.0 Å². The molecule has 0 amide bonds. The third-order valence-corrected chi connectivity index (χ3v) is 5.27. The monoisotopic (exact) mass is 283 g/mol. The zero-order chi connectivity index (χ0) is 14.0. The van der Waals surface area contributed by atoms with Crippen molar-refractivity contribution in [2.45, 2.75) is 24.7 Å². The van der Waals surface area contributed by atoms with Crippen LogP contribution in [0.25, 0.3) is 0 Å². The molecule has 0 radical (unpaired) electrons. The van der Waals surface area contributed by atoms with Crippen LogP contribution in [0.4, 0.5) is 11.4 Å². The molecule has 1 fully saturated rings. The van der Waals surface area contributed by atoms with Gasteiger partial charge >= 0.3 is 0 Å². The number of hydrogen-bond donors (Lipinski definition) is 2. The van der Waals surface area contributed by atoms with Crippen molar-refractivity contribution in [2.24, 2.45) is 5.92 Å². The van der Waals surface area contributed by atoms with E-state index < -0.39 is 10.0 Å². The first-order valence-electron chi connectivity index (χ1n) is 6.56. The first kappa shape index (κ1) is 14.1. The standard InChI is InChI=1S/C13H21N3O2S/c1-3-10-6-7-16(9-10)11-4-5-13(12(14)8-11)19(17,18)15-2/h4-5,8,10,15H,3,6-7,9,14H2,1-2H3. The highest BCUT2D eigenvalue weighted by Gasteiger charge is 2.22. The fraction of sp³-hybridized carbons (Fsp3) is 0.538. The minimum absolute atomic E-state index is 0.144. The van der Waals surface area contributed by atoms with Crippen molar-refractivity contribution >= 4 is 21.4 Å². The van der Waals surface area contributed by atoms with E-state index in [2.05, 4.69) is 16.5 Å². The second kappa shape index (κ2) is 5.38. The number of nitrogens with one attached hydrogen (secondary N) is 1. The number of anilines is 2. The minimum Gasteiger partial charge on any atom is -0.398 e. The van der Waals surface area contributed by atoms with E-state index >= 15 is 0 Å². The van der Waals surface area contributed by atoms with Gasteiger partial charge in [0.15, 0.2) is 0 Å². The van der Waals surface area contributed by atoms with Crippen molar-refractivity contribution in [2.75, 3.05) is 30.8 Å². The number of rotatable bonds is 4. The second-order valence-electron chi connectivity index (χ2n) is 4.94. The summed E-state index contributed by atoms with van der Waals surface area (Å²) in [6.45, 7) is 4.23.